The van der Waals surface area contributed by atoms with Gasteiger partial charge in [-0.15, -0.1) is 11.8 Å². The van der Waals surface area contributed by atoms with Gasteiger partial charge in [-0.1, -0.05) is 30.3 Å². The number of ether oxygens (including phenoxy) is 1. The van der Waals surface area contributed by atoms with Crippen molar-refractivity contribution in [1.82, 2.24) is 5.32 Å². The summed E-state index contributed by atoms with van der Waals surface area (Å²) in [4.78, 5) is 11.3. The number of carbonyl (C=O) groups is 1. The molecule has 0 spiro atoms. The minimum absolute atomic E-state index is 0.481. The minimum atomic E-state index is 0.481. The molecular weight excluding hydrogens is 270 g/mol. The first-order chi connectivity index (χ1) is 9.88. The van der Waals surface area contributed by atoms with Crippen LogP contribution in [0.15, 0.2) is 59.5 Å². The number of carbonyl (C=O) groups excluding carboxylic acids is 1. The monoisotopic (exact) mass is 287 g/mol. The van der Waals surface area contributed by atoms with E-state index in [-0.39, 0.29) is 0 Å². The van der Waals surface area contributed by atoms with Crippen molar-refractivity contribution < 1.29 is 9.53 Å². The summed E-state index contributed by atoms with van der Waals surface area (Å²) in [6, 6.07) is 18.4. The first kappa shape index (κ1) is 14.5. The van der Waals surface area contributed by atoms with Gasteiger partial charge in [0.25, 0.3) is 0 Å². The third-order valence-corrected chi connectivity index (χ3v) is 3.75. The van der Waals surface area contributed by atoms with Crippen LogP contribution in [0.3, 0.4) is 0 Å². The molecule has 0 aromatic heterocycles. The molecule has 0 unspecified atom stereocenters. The fourth-order valence-corrected chi connectivity index (χ4v) is 2.51. The molecule has 20 heavy (non-hydrogen) atoms. The lowest BCUT2D eigenvalue weighted by molar-refractivity contribution is -0.109. The first-order valence-electron chi connectivity index (χ1n) is 6.45. The Morgan fingerprint density at radius 2 is 1.80 bits per heavy atom. The van der Waals surface area contributed by atoms with Crippen molar-refractivity contribution in [3.8, 4) is 5.75 Å². The lowest BCUT2D eigenvalue weighted by Gasteiger charge is -2.07. The van der Waals surface area contributed by atoms with E-state index in [0.29, 0.717) is 19.6 Å². The van der Waals surface area contributed by atoms with Gasteiger partial charge in [0.15, 0.2) is 0 Å². The molecule has 1 amide bonds. The molecule has 2 rings (SSSR count). The molecule has 0 aliphatic carbocycles. The maximum atomic E-state index is 10.1. The van der Waals surface area contributed by atoms with Gasteiger partial charge in [0.05, 0.1) is 6.54 Å². The molecule has 2 aromatic rings. The van der Waals surface area contributed by atoms with Gasteiger partial charge in [0.2, 0.25) is 6.41 Å². The quantitative estimate of drug-likeness (QED) is 0.460. The van der Waals surface area contributed by atoms with Gasteiger partial charge in [-0.25, -0.2) is 0 Å². The fourth-order valence-electron chi connectivity index (χ4n) is 1.66. The highest BCUT2D eigenvalue weighted by Crippen LogP contribution is 2.24. The Kier molecular flexibility index (Phi) is 5.99. The van der Waals surface area contributed by atoms with Crippen molar-refractivity contribution in [3.63, 3.8) is 0 Å². The maximum Gasteiger partial charge on any atom is 0.207 e. The standard InChI is InChI=1S/C16H17NO2S/c18-13-17-10-11-19-15-6-8-16(9-7-15)20-12-14-4-2-1-3-5-14/h1-9,13H,10-12H2,(H,17,18). The highest BCUT2D eigenvalue weighted by molar-refractivity contribution is 7.98. The van der Waals surface area contributed by atoms with Crippen LogP contribution in [0.25, 0.3) is 0 Å². The number of rotatable bonds is 8. The van der Waals surface area contributed by atoms with E-state index in [4.69, 9.17) is 4.74 Å². The van der Waals surface area contributed by atoms with Gasteiger partial charge in [-0.05, 0) is 29.8 Å². The Morgan fingerprint density at radius 3 is 2.50 bits per heavy atom. The maximum absolute atomic E-state index is 10.1. The van der Waals surface area contributed by atoms with Crippen LogP contribution in [0.1, 0.15) is 5.56 Å². The Morgan fingerprint density at radius 1 is 1.05 bits per heavy atom. The SMILES string of the molecule is O=CNCCOc1ccc(SCc2ccccc2)cc1. The minimum Gasteiger partial charge on any atom is -0.492 e. The van der Waals surface area contributed by atoms with Crippen LogP contribution in [0, 0.1) is 0 Å². The molecule has 0 radical (unpaired) electrons. The first-order valence-corrected chi connectivity index (χ1v) is 7.43. The number of thioether (sulfide) groups is 1. The second-order valence-electron chi connectivity index (χ2n) is 4.17. The Bertz CT molecular complexity index is 514. The lowest BCUT2D eigenvalue weighted by Crippen LogP contribution is -2.18. The molecule has 104 valence electrons. The summed E-state index contributed by atoms with van der Waals surface area (Å²) >= 11 is 1.80. The highest BCUT2D eigenvalue weighted by Gasteiger charge is 1.98. The molecular formula is C16H17NO2S. The molecule has 0 aliphatic rings. The lowest BCUT2D eigenvalue weighted by atomic mass is 10.2. The second kappa shape index (κ2) is 8.27. The smallest absolute Gasteiger partial charge is 0.207 e. The Hall–Kier alpha value is -1.94. The summed E-state index contributed by atoms with van der Waals surface area (Å²) in [5, 5.41) is 2.56. The van der Waals surface area contributed by atoms with Crippen molar-refractivity contribution >= 4 is 18.2 Å². The van der Waals surface area contributed by atoms with Crippen LogP contribution >= 0.6 is 11.8 Å². The third-order valence-electron chi connectivity index (χ3n) is 2.67. The van der Waals surface area contributed by atoms with E-state index in [0.717, 1.165) is 11.5 Å². The normalized spacial score (nSPS) is 10.0. The molecule has 3 nitrogen and oxygen atoms in total. The molecule has 0 bridgehead atoms. The number of amides is 1. The summed E-state index contributed by atoms with van der Waals surface area (Å²) in [6.07, 6.45) is 0.673. The summed E-state index contributed by atoms with van der Waals surface area (Å²) in [5.41, 5.74) is 1.32. The summed E-state index contributed by atoms with van der Waals surface area (Å²) < 4.78 is 5.50. The number of hydrogen-bond acceptors (Lipinski definition) is 3. The average molecular weight is 287 g/mol. The second-order valence-corrected chi connectivity index (χ2v) is 5.21. The predicted molar refractivity (Wildman–Crippen MR) is 82.0 cm³/mol. The van der Waals surface area contributed by atoms with Crippen LogP contribution in [0.4, 0.5) is 0 Å². The topological polar surface area (TPSA) is 38.3 Å². The number of benzene rings is 2. The molecule has 0 heterocycles. The molecule has 0 saturated heterocycles. The van der Waals surface area contributed by atoms with E-state index in [1.54, 1.807) is 11.8 Å². The van der Waals surface area contributed by atoms with Gasteiger partial charge in [0.1, 0.15) is 12.4 Å². The van der Waals surface area contributed by atoms with E-state index in [9.17, 15) is 4.79 Å². The molecule has 0 atom stereocenters. The van der Waals surface area contributed by atoms with Crippen molar-refractivity contribution in [3.05, 3.63) is 60.2 Å². The Labute approximate surface area is 123 Å². The zero-order valence-electron chi connectivity index (χ0n) is 11.1. The van der Waals surface area contributed by atoms with Crippen LogP contribution in [0.2, 0.25) is 0 Å². The van der Waals surface area contributed by atoms with Crippen molar-refractivity contribution in [1.29, 1.82) is 0 Å². The molecule has 2 aromatic carbocycles. The molecule has 0 saturated carbocycles. The number of hydrogen-bond donors (Lipinski definition) is 1. The van der Waals surface area contributed by atoms with Crippen LogP contribution in [-0.4, -0.2) is 19.6 Å². The molecule has 1 N–H and O–H groups in total. The van der Waals surface area contributed by atoms with Gasteiger partial charge < -0.3 is 10.1 Å². The molecule has 0 fully saturated rings. The van der Waals surface area contributed by atoms with Gasteiger partial charge in [-0.2, -0.15) is 0 Å². The van der Waals surface area contributed by atoms with Crippen molar-refractivity contribution in [2.45, 2.75) is 10.6 Å². The van der Waals surface area contributed by atoms with Crippen LogP contribution < -0.4 is 10.1 Å². The van der Waals surface area contributed by atoms with E-state index in [1.165, 1.54) is 10.5 Å². The largest absolute Gasteiger partial charge is 0.492 e. The molecule has 4 heteroatoms. The summed E-state index contributed by atoms with van der Waals surface area (Å²) in [6.45, 7) is 1.00. The van der Waals surface area contributed by atoms with Crippen LogP contribution in [-0.2, 0) is 10.5 Å². The van der Waals surface area contributed by atoms with Crippen molar-refractivity contribution in [2.24, 2.45) is 0 Å². The fraction of sp³-hybridized carbons (Fsp3) is 0.188. The highest BCUT2D eigenvalue weighted by atomic mass is 32.2. The van der Waals surface area contributed by atoms with Gasteiger partial charge in [-0.3, -0.25) is 4.79 Å². The van der Waals surface area contributed by atoms with E-state index in [1.807, 2.05) is 18.2 Å². The van der Waals surface area contributed by atoms with Crippen LogP contribution in [0.5, 0.6) is 5.75 Å². The van der Waals surface area contributed by atoms with E-state index >= 15 is 0 Å². The summed E-state index contributed by atoms with van der Waals surface area (Å²) in [5.74, 6) is 1.78. The third kappa shape index (κ3) is 4.97. The Balaban J connectivity index is 1.78. The predicted octanol–water partition coefficient (Wildman–Crippen LogP) is 3.10. The van der Waals surface area contributed by atoms with Gasteiger partial charge >= 0.3 is 0 Å². The molecule has 0 aliphatic heterocycles. The number of nitrogens with one attached hydrogen (secondary N) is 1. The zero-order chi connectivity index (χ0) is 14.0. The van der Waals surface area contributed by atoms with E-state index in [2.05, 4.69) is 41.7 Å². The summed E-state index contributed by atoms with van der Waals surface area (Å²) in [7, 11) is 0. The zero-order valence-corrected chi connectivity index (χ0v) is 11.9. The van der Waals surface area contributed by atoms with Gasteiger partial charge in [0, 0.05) is 10.6 Å². The average Bonchev–Trinajstić information content (AvgIpc) is 2.52. The van der Waals surface area contributed by atoms with E-state index < -0.39 is 0 Å². The van der Waals surface area contributed by atoms with Crippen molar-refractivity contribution in [2.75, 3.05) is 13.2 Å².